The molecule has 6 heteroatoms. The lowest BCUT2D eigenvalue weighted by atomic mass is 9.94. The number of anilines is 2. The molecule has 2 aliphatic heterocycles. The number of piperidine rings is 1. The van der Waals surface area contributed by atoms with Crippen LogP contribution in [0, 0.1) is 5.92 Å². The lowest BCUT2D eigenvalue weighted by Gasteiger charge is -2.37. The van der Waals surface area contributed by atoms with Gasteiger partial charge in [-0.05, 0) is 43.4 Å². The molecule has 1 aromatic heterocycles. The van der Waals surface area contributed by atoms with Crippen LogP contribution in [0.5, 0.6) is 0 Å². The van der Waals surface area contributed by atoms with Gasteiger partial charge in [0.2, 0.25) is 0 Å². The molecular weight excluding hydrogens is 368 g/mol. The van der Waals surface area contributed by atoms with Crippen molar-refractivity contribution in [3.8, 4) is 0 Å². The van der Waals surface area contributed by atoms with Crippen LogP contribution in [0.4, 0.5) is 17.2 Å². The first-order chi connectivity index (χ1) is 13.4. The molecule has 1 atom stereocenters. The van der Waals surface area contributed by atoms with Gasteiger partial charge in [-0.15, -0.1) is 11.8 Å². The topological polar surface area (TPSA) is 36.6 Å². The largest absolute Gasteiger partial charge is 0.328 e. The van der Waals surface area contributed by atoms with E-state index >= 15 is 0 Å². The second-order valence-corrected chi connectivity index (χ2v) is 9.12. The van der Waals surface area contributed by atoms with Crippen molar-refractivity contribution in [1.82, 2.24) is 0 Å². The first-order valence-corrected chi connectivity index (χ1v) is 11.0. The molecule has 2 aromatic rings. The van der Waals surface area contributed by atoms with Crippen LogP contribution in [-0.2, 0) is 11.8 Å². The van der Waals surface area contributed by atoms with Crippen molar-refractivity contribution < 1.29 is 13.8 Å². The minimum Gasteiger partial charge on any atom is -0.328 e. The van der Waals surface area contributed by atoms with E-state index in [4.69, 9.17) is 4.99 Å². The highest BCUT2D eigenvalue weighted by Gasteiger charge is 2.43. The molecule has 3 heterocycles. The molecule has 146 valence electrons. The molecule has 1 amide bonds. The summed E-state index contributed by atoms with van der Waals surface area (Å²) in [5, 5.41) is 0.939. The van der Waals surface area contributed by atoms with Gasteiger partial charge in [-0.2, -0.15) is 4.90 Å². The Morgan fingerprint density at radius 3 is 2.79 bits per heavy atom. The maximum absolute atomic E-state index is 13.9. The van der Waals surface area contributed by atoms with Gasteiger partial charge in [-0.1, -0.05) is 12.1 Å². The Labute approximate surface area is 171 Å². The number of amides is 1. The minimum absolute atomic E-state index is 0.0145. The highest BCUT2D eigenvalue weighted by molar-refractivity contribution is 8.13. The summed E-state index contributed by atoms with van der Waals surface area (Å²) in [5.74, 6) is 1.10. The normalized spacial score (nSPS) is 20.6. The number of nitrogens with zero attached hydrogens (tertiary/aromatic N) is 4. The van der Waals surface area contributed by atoms with Gasteiger partial charge < -0.3 is 4.48 Å². The fourth-order valence-electron chi connectivity index (χ4n) is 4.39. The third kappa shape index (κ3) is 3.35. The van der Waals surface area contributed by atoms with E-state index in [1.807, 2.05) is 59.3 Å². The van der Waals surface area contributed by atoms with Crippen LogP contribution in [-0.4, -0.2) is 48.9 Å². The van der Waals surface area contributed by atoms with Gasteiger partial charge in [0.05, 0.1) is 46.0 Å². The fraction of sp³-hybridized carbons (Fsp3) is 0.409. The molecular formula is C22H28N4OS+2. The predicted molar refractivity (Wildman–Crippen MR) is 115 cm³/mol. The van der Waals surface area contributed by atoms with Crippen molar-refractivity contribution in [2.45, 2.75) is 12.8 Å². The van der Waals surface area contributed by atoms with Crippen LogP contribution in [0.1, 0.15) is 18.4 Å². The summed E-state index contributed by atoms with van der Waals surface area (Å²) in [6.07, 6.45) is 6.07. The molecule has 1 aromatic carbocycles. The zero-order valence-electron chi connectivity index (χ0n) is 17.1. The van der Waals surface area contributed by atoms with Crippen molar-refractivity contribution >= 4 is 39.9 Å². The van der Waals surface area contributed by atoms with E-state index in [0.717, 1.165) is 58.2 Å². The molecule has 1 saturated heterocycles. The number of hydrogen-bond acceptors (Lipinski definition) is 3. The smallest absolute Gasteiger partial charge is 0.323 e. The van der Waals surface area contributed by atoms with Crippen molar-refractivity contribution in [1.29, 1.82) is 0 Å². The lowest BCUT2D eigenvalue weighted by molar-refractivity contribution is -0.897. The van der Waals surface area contributed by atoms with Gasteiger partial charge in [0.1, 0.15) is 16.6 Å². The number of aryl methyl sites for hydroxylation is 1. The summed E-state index contributed by atoms with van der Waals surface area (Å²) in [5.41, 5.74) is 2.73. The SMILES string of the molecule is CSC1=Nc2ccccc2N(C(=O)C2CCC[N+](C)(C)C2)c2c1ccc[n+]2C. The van der Waals surface area contributed by atoms with Gasteiger partial charge in [-0.25, -0.2) is 14.4 Å². The zero-order chi connectivity index (χ0) is 19.9. The maximum atomic E-state index is 13.9. The number of aromatic nitrogens is 1. The molecule has 1 fully saturated rings. The summed E-state index contributed by atoms with van der Waals surface area (Å²) in [6, 6.07) is 12.1. The first-order valence-electron chi connectivity index (χ1n) is 9.78. The Kier molecular flexibility index (Phi) is 5.02. The summed E-state index contributed by atoms with van der Waals surface area (Å²) in [7, 11) is 6.45. The molecule has 2 aliphatic rings. The standard InChI is InChI=1S/C22H28N4OS/c1-24-13-7-10-17-20(28-4)23-18-11-5-6-12-19(18)25(21(17)24)22(27)16-9-8-14-26(2,3)15-16/h5-7,10-13,16H,8-9,14-15H2,1-4H3/q+2. The number of carbonyl (C=O) groups is 1. The first kappa shape index (κ1) is 19.2. The zero-order valence-corrected chi connectivity index (χ0v) is 17.9. The number of quaternary nitrogens is 1. The maximum Gasteiger partial charge on any atom is 0.323 e. The number of rotatable bonds is 1. The van der Waals surface area contributed by atoms with E-state index in [1.165, 1.54) is 0 Å². The molecule has 0 aliphatic carbocycles. The molecule has 0 bridgehead atoms. The highest BCUT2D eigenvalue weighted by atomic mass is 32.2. The Balaban J connectivity index is 1.89. The van der Waals surface area contributed by atoms with E-state index in [0.29, 0.717) is 0 Å². The van der Waals surface area contributed by atoms with Crippen molar-refractivity contribution in [2.24, 2.45) is 18.0 Å². The van der Waals surface area contributed by atoms with Crippen LogP contribution >= 0.6 is 11.8 Å². The van der Waals surface area contributed by atoms with Gasteiger partial charge in [-0.3, -0.25) is 0 Å². The van der Waals surface area contributed by atoms with Crippen LogP contribution in [0.3, 0.4) is 0 Å². The van der Waals surface area contributed by atoms with E-state index in [9.17, 15) is 4.79 Å². The molecule has 0 N–H and O–H groups in total. The second-order valence-electron chi connectivity index (χ2n) is 8.32. The van der Waals surface area contributed by atoms with E-state index in [1.54, 1.807) is 11.8 Å². The van der Waals surface area contributed by atoms with Gasteiger partial charge >= 0.3 is 5.91 Å². The molecule has 28 heavy (non-hydrogen) atoms. The summed E-state index contributed by atoms with van der Waals surface area (Å²) in [4.78, 5) is 20.8. The third-order valence-electron chi connectivity index (χ3n) is 5.73. The van der Waals surface area contributed by atoms with E-state index in [2.05, 4.69) is 20.2 Å². The molecule has 0 spiro atoms. The Bertz CT molecular complexity index is 953. The third-order valence-corrected chi connectivity index (χ3v) is 6.43. The van der Waals surface area contributed by atoms with Crippen LogP contribution in [0.15, 0.2) is 47.6 Å². The van der Waals surface area contributed by atoms with Crippen LogP contribution in [0.25, 0.3) is 0 Å². The Morgan fingerprint density at radius 1 is 1.25 bits per heavy atom. The summed E-state index contributed by atoms with van der Waals surface area (Å²) in [6.45, 7) is 2.00. The van der Waals surface area contributed by atoms with E-state index < -0.39 is 0 Å². The lowest BCUT2D eigenvalue weighted by Crippen LogP contribution is -2.52. The second kappa shape index (κ2) is 7.33. The van der Waals surface area contributed by atoms with Crippen LogP contribution in [0.2, 0.25) is 0 Å². The summed E-state index contributed by atoms with van der Waals surface area (Å²) < 4.78 is 2.94. The van der Waals surface area contributed by atoms with Gasteiger partial charge in [0.25, 0.3) is 5.82 Å². The highest BCUT2D eigenvalue weighted by Crippen LogP contribution is 2.40. The molecule has 5 nitrogen and oxygen atoms in total. The van der Waals surface area contributed by atoms with Crippen LogP contribution < -0.4 is 9.47 Å². The molecule has 4 rings (SSSR count). The number of para-hydroxylation sites is 2. The van der Waals surface area contributed by atoms with E-state index in [-0.39, 0.29) is 11.8 Å². The number of pyridine rings is 1. The number of likely N-dealkylation sites (tertiary alicyclic amines) is 1. The molecule has 0 saturated carbocycles. The fourth-order valence-corrected chi connectivity index (χ4v) is 4.96. The number of fused-ring (bicyclic) bond motifs is 2. The molecule has 1 unspecified atom stereocenters. The monoisotopic (exact) mass is 396 g/mol. The molecule has 0 radical (unpaired) electrons. The number of benzene rings is 1. The van der Waals surface area contributed by atoms with Gasteiger partial charge in [0.15, 0.2) is 5.69 Å². The quantitative estimate of drug-likeness (QED) is 0.547. The predicted octanol–water partition coefficient (Wildman–Crippen LogP) is 3.42. The van der Waals surface area contributed by atoms with Crippen molar-refractivity contribution in [2.75, 3.05) is 38.3 Å². The number of carbonyl (C=O) groups excluding carboxylic acids is 1. The average molecular weight is 397 g/mol. The number of aliphatic imine (C=N–C) groups is 1. The Hall–Kier alpha value is -2.18. The van der Waals surface area contributed by atoms with Crippen molar-refractivity contribution in [3.63, 3.8) is 0 Å². The minimum atomic E-state index is 0.0145. The number of hydrogen-bond donors (Lipinski definition) is 0. The van der Waals surface area contributed by atoms with Gasteiger partial charge in [0, 0.05) is 0 Å². The van der Waals surface area contributed by atoms with Crippen molar-refractivity contribution in [3.05, 3.63) is 48.2 Å². The number of thioether (sulfide) groups is 1. The summed E-state index contributed by atoms with van der Waals surface area (Å²) >= 11 is 1.62. The average Bonchev–Trinajstić information content (AvgIpc) is 2.82. The Morgan fingerprint density at radius 2 is 2.04 bits per heavy atom.